The quantitative estimate of drug-likeness (QED) is 0.489. The molecule has 0 saturated heterocycles. The largest absolute Gasteiger partial charge is 0.424 e. The van der Waals surface area contributed by atoms with E-state index in [9.17, 15) is 9.18 Å². The number of nitrogens with one attached hydrogen (secondary N) is 1. The Morgan fingerprint density at radius 3 is 2.77 bits per heavy atom. The van der Waals surface area contributed by atoms with Gasteiger partial charge in [-0.2, -0.15) is 5.26 Å². The van der Waals surface area contributed by atoms with Crippen molar-refractivity contribution in [3.63, 3.8) is 0 Å². The van der Waals surface area contributed by atoms with Crippen molar-refractivity contribution in [1.82, 2.24) is 30.5 Å². The van der Waals surface area contributed by atoms with Crippen molar-refractivity contribution in [2.24, 2.45) is 0 Å². The third-order valence-electron chi connectivity index (χ3n) is 4.81. The molecule has 0 aliphatic heterocycles. The summed E-state index contributed by atoms with van der Waals surface area (Å²) < 4.78 is 20.9. The summed E-state index contributed by atoms with van der Waals surface area (Å²) in [5.41, 5.74) is 0.0805. The van der Waals surface area contributed by atoms with E-state index in [1.807, 2.05) is 0 Å². The zero-order chi connectivity index (χ0) is 21.4. The summed E-state index contributed by atoms with van der Waals surface area (Å²) >= 11 is 1.19. The zero-order valence-electron chi connectivity index (χ0n) is 16.0. The van der Waals surface area contributed by atoms with Crippen LogP contribution in [0.2, 0.25) is 0 Å². The second-order valence-corrected chi connectivity index (χ2v) is 8.22. The van der Waals surface area contributed by atoms with E-state index in [0.717, 1.165) is 0 Å². The molecule has 1 amide bonds. The Morgan fingerprint density at radius 2 is 2.03 bits per heavy atom. The van der Waals surface area contributed by atoms with Gasteiger partial charge in [-0.15, -0.1) is 21.5 Å². The summed E-state index contributed by atoms with van der Waals surface area (Å²) in [4.78, 5) is 24.7. The molecule has 1 aliphatic carbocycles. The van der Waals surface area contributed by atoms with Gasteiger partial charge in [-0.05, 0) is 31.0 Å². The van der Waals surface area contributed by atoms with Crippen LogP contribution in [0.15, 0.2) is 35.0 Å². The van der Waals surface area contributed by atoms with Gasteiger partial charge in [-0.25, -0.2) is 19.3 Å². The molecule has 9 nitrogen and oxygen atoms in total. The SMILES string of the molecule is N#CC1(NC(=O)Cc2nnc(Cc3nc4ccc(-c5ncccn5)c(F)c4s3)o2)CC1. The monoisotopic (exact) mass is 435 g/mol. The zero-order valence-corrected chi connectivity index (χ0v) is 16.8. The number of fused-ring (bicyclic) bond motifs is 1. The molecule has 1 aromatic carbocycles. The standard InChI is InChI=1S/C20H14FN7O2S/c21-17-11(19-23-6-1-7-24-19)2-3-12-18(17)31-16(25-12)9-15-28-27-14(30-15)8-13(29)26-20(10-22)4-5-20/h1-3,6-7H,4-5,8-9H2,(H,26,29). The van der Waals surface area contributed by atoms with Gasteiger partial charge in [-0.3, -0.25) is 4.79 Å². The molecule has 1 fully saturated rings. The maximum atomic E-state index is 15.0. The van der Waals surface area contributed by atoms with Crippen LogP contribution in [0.4, 0.5) is 4.39 Å². The number of rotatable bonds is 6. The number of aromatic nitrogens is 5. The topological polar surface area (TPSA) is 130 Å². The van der Waals surface area contributed by atoms with E-state index in [0.29, 0.717) is 39.5 Å². The highest BCUT2D eigenvalue weighted by Crippen LogP contribution is 2.34. The molecular weight excluding hydrogens is 421 g/mol. The van der Waals surface area contributed by atoms with E-state index < -0.39 is 11.4 Å². The highest BCUT2D eigenvalue weighted by Gasteiger charge is 2.44. The van der Waals surface area contributed by atoms with Crippen LogP contribution in [0.5, 0.6) is 0 Å². The molecule has 1 aliphatic rings. The summed E-state index contributed by atoms with van der Waals surface area (Å²) in [7, 11) is 0. The lowest BCUT2D eigenvalue weighted by Crippen LogP contribution is -2.36. The van der Waals surface area contributed by atoms with Crippen molar-refractivity contribution >= 4 is 27.5 Å². The predicted octanol–water partition coefficient (Wildman–Crippen LogP) is 2.58. The minimum Gasteiger partial charge on any atom is -0.424 e. The number of benzene rings is 1. The van der Waals surface area contributed by atoms with Crippen molar-refractivity contribution in [2.45, 2.75) is 31.2 Å². The average molecular weight is 435 g/mol. The first-order valence-electron chi connectivity index (χ1n) is 9.44. The van der Waals surface area contributed by atoms with Gasteiger partial charge in [0, 0.05) is 12.4 Å². The Balaban J connectivity index is 1.31. The third-order valence-corrected chi connectivity index (χ3v) is 5.88. The first kappa shape index (κ1) is 19.2. The van der Waals surface area contributed by atoms with E-state index in [1.165, 1.54) is 11.3 Å². The Bertz CT molecular complexity index is 1320. The van der Waals surface area contributed by atoms with Gasteiger partial charge in [0.1, 0.15) is 17.0 Å². The van der Waals surface area contributed by atoms with Gasteiger partial charge in [-0.1, -0.05) is 0 Å². The van der Waals surface area contributed by atoms with E-state index in [1.54, 1.807) is 30.6 Å². The van der Waals surface area contributed by atoms with E-state index in [-0.39, 0.29) is 30.5 Å². The van der Waals surface area contributed by atoms with E-state index in [2.05, 4.69) is 36.5 Å². The molecule has 31 heavy (non-hydrogen) atoms. The Kier molecular flexibility index (Phi) is 4.63. The van der Waals surface area contributed by atoms with Gasteiger partial charge < -0.3 is 9.73 Å². The minimum absolute atomic E-state index is 0.106. The second kappa shape index (κ2) is 7.48. The fourth-order valence-corrected chi connectivity index (χ4v) is 4.08. The molecular formula is C20H14FN7O2S. The highest BCUT2D eigenvalue weighted by molar-refractivity contribution is 7.18. The number of halogens is 1. The number of carbonyl (C=O) groups is 1. The van der Waals surface area contributed by atoms with Crippen molar-refractivity contribution < 1.29 is 13.6 Å². The summed E-state index contributed by atoms with van der Waals surface area (Å²) in [5, 5.41) is 20.1. The molecule has 0 unspecified atom stereocenters. The minimum atomic E-state index is -0.741. The van der Waals surface area contributed by atoms with Crippen LogP contribution < -0.4 is 5.32 Å². The molecule has 11 heteroatoms. The lowest BCUT2D eigenvalue weighted by Gasteiger charge is -2.06. The van der Waals surface area contributed by atoms with Crippen LogP contribution in [0, 0.1) is 17.1 Å². The first-order valence-corrected chi connectivity index (χ1v) is 10.3. The maximum absolute atomic E-state index is 15.0. The van der Waals surface area contributed by atoms with Crippen LogP contribution in [0.25, 0.3) is 21.6 Å². The van der Waals surface area contributed by atoms with Crippen LogP contribution in [0.1, 0.15) is 29.6 Å². The molecule has 3 heterocycles. The van der Waals surface area contributed by atoms with Gasteiger partial charge in [0.15, 0.2) is 11.6 Å². The van der Waals surface area contributed by atoms with Crippen LogP contribution in [0.3, 0.4) is 0 Å². The number of hydrogen-bond acceptors (Lipinski definition) is 9. The average Bonchev–Trinajstić information content (AvgIpc) is 3.20. The predicted molar refractivity (Wildman–Crippen MR) is 107 cm³/mol. The molecule has 4 aromatic rings. The maximum Gasteiger partial charge on any atom is 0.230 e. The van der Waals surface area contributed by atoms with Crippen LogP contribution >= 0.6 is 11.3 Å². The highest BCUT2D eigenvalue weighted by atomic mass is 32.1. The molecule has 154 valence electrons. The summed E-state index contributed by atoms with van der Waals surface area (Å²) in [6.45, 7) is 0. The Morgan fingerprint density at radius 1 is 1.26 bits per heavy atom. The molecule has 0 spiro atoms. The number of nitriles is 1. The second-order valence-electron chi connectivity index (χ2n) is 7.14. The molecule has 3 aromatic heterocycles. The molecule has 0 radical (unpaired) electrons. The molecule has 0 bridgehead atoms. The lowest BCUT2D eigenvalue weighted by atomic mass is 10.2. The van der Waals surface area contributed by atoms with Gasteiger partial charge in [0.2, 0.25) is 17.7 Å². The van der Waals surface area contributed by atoms with Crippen LogP contribution in [-0.2, 0) is 17.6 Å². The summed E-state index contributed by atoms with van der Waals surface area (Å²) in [6.07, 6.45) is 4.52. The fourth-order valence-electron chi connectivity index (χ4n) is 3.09. The van der Waals surface area contributed by atoms with Crippen molar-refractivity contribution in [2.75, 3.05) is 0 Å². The van der Waals surface area contributed by atoms with Gasteiger partial charge in [0.25, 0.3) is 0 Å². The lowest BCUT2D eigenvalue weighted by molar-refractivity contribution is -0.121. The smallest absolute Gasteiger partial charge is 0.230 e. The molecule has 0 atom stereocenters. The third kappa shape index (κ3) is 3.85. The van der Waals surface area contributed by atoms with E-state index in [4.69, 9.17) is 9.68 Å². The summed E-state index contributed by atoms with van der Waals surface area (Å²) in [6, 6.07) is 7.09. The fraction of sp³-hybridized carbons (Fsp3) is 0.250. The molecule has 5 rings (SSSR count). The van der Waals surface area contributed by atoms with Crippen molar-refractivity contribution in [1.29, 1.82) is 5.26 Å². The normalized spacial score (nSPS) is 14.3. The van der Waals surface area contributed by atoms with E-state index >= 15 is 0 Å². The van der Waals surface area contributed by atoms with Gasteiger partial charge in [0.05, 0.1) is 28.3 Å². The van der Waals surface area contributed by atoms with Crippen molar-refractivity contribution in [3.8, 4) is 17.5 Å². The number of carbonyl (C=O) groups excluding carboxylic acids is 1. The van der Waals surface area contributed by atoms with Gasteiger partial charge >= 0.3 is 0 Å². The summed E-state index contributed by atoms with van der Waals surface area (Å²) in [5.74, 6) is -0.0396. The Hall–Kier alpha value is -3.78. The first-order chi connectivity index (χ1) is 15.0. The Labute approximate surface area is 179 Å². The molecule has 1 N–H and O–H groups in total. The number of hydrogen-bond donors (Lipinski definition) is 1. The number of amides is 1. The number of thiazole rings is 1. The number of nitrogens with zero attached hydrogens (tertiary/aromatic N) is 6. The van der Waals surface area contributed by atoms with Crippen LogP contribution in [-0.4, -0.2) is 36.6 Å². The van der Waals surface area contributed by atoms with Crippen molar-refractivity contribution in [3.05, 3.63) is 53.2 Å². The molecule has 1 saturated carbocycles.